The lowest BCUT2D eigenvalue weighted by molar-refractivity contribution is -0.137. The highest BCUT2D eigenvalue weighted by Crippen LogP contribution is 2.36. The van der Waals surface area contributed by atoms with Crippen LogP contribution in [0.15, 0.2) is 30.6 Å². The zero-order valence-electron chi connectivity index (χ0n) is 21.5. The molecule has 0 bridgehead atoms. The third-order valence-electron chi connectivity index (χ3n) is 7.34. The first-order valence-corrected chi connectivity index (χ1v) is 13.3. The number of hydrogen-bond acceptors (Lipinski definition) is 5. The molecule has 1 aromatic carbocycles. The van der Waals surface area contributed by atoms with Crippen molar-refractivity contribution in [1.29, 1.82) is 0 Å². The van der Waals surface area contributed by atoms with E-state index in [1.807, 2.05) is 40.9 Å². The molecule has 0 spiro atoms. The second kappa shape index (κ2) is 11.8. The fourth-order valence-electron chi connectivity index (χ4n) is 5.29. The van der Waals surface area contributed by atoms with E-state index in [0.717, 1.165) is 88.0 Å². The highest BCUT2D eigenvalue weighted by molar-refractivity contribution is 6.31. The van der Waals surface area contributed by atoms with Crippen LogP contribution in [0.4, 0.5) is 0 Å². The van der Waals surface area contributed by atoms with Gasteiger partial charge in [0.05, 0.1) is 12.8 Å². The molecule has 1 unspecified atom stereocenters. The molecule has 7 nitrogen and oxygen atoms in total. The molecular weight excluding hydrogens is 462 g/mol. The predicted octanol–water partition coefficient (Wildman–Crippen LogP) is 4.08. The van der Waals surface area contributed by atoms with Gasteiger partial charge < -0.3 is 14.5 Å². The number of piperidine rings is 1. The molecule has 0 radical (unpaired) electrons. The molecule has 2 aromatic rings. The van der Waals surface area contributed by atoms with E-state index in [1.165, 1.54) is 5.56 Å². The number of ether oxygens (including phenoxy) is 1. The summed E-state index contributed by atoms with van der Waals surface area (Å²) in [4.78, 5) is 20.2. The van der Waals surface area contributed by atoms with Gasteiger partial charge in [0, 0.05) is 74.4 Å². The first kappa shape index (κ1) is 26.0. The highest BCUT2D eigenvalue weighted by atomic mass is 35.5. The maximum atomic E-state index is 13.4. The van der Waals surface area contributed by atoms with Gasteiger partial charge in [-0.3, -0.25) is 14.4 Å². The van der Waals surface area contributed by atoms with Crippen molar-refractivity contribution in [3.8, 4) is 5.75 Å². The first-order valence-electron chi connectivity index (χ1n) is 12.9. The quantitative estimate of drug-likeness (QED) is 0.518. The molecule has 0 saturated carbocycles. The number of halogens is 1. The second-order valence-corrected chi connectivity index (χ2v) is 10.9. The minimum absolute atomic E-state index is 0.217. The molecule has 192 valence electrons. The number of likely N-dealkylation sites (N-methyl/N-ethyl adjacent to an activating group) is 1. The molecule has 2 saturated heterocycles. The van der Waals surface area contributed by atoms with Gasteiger partial charge in [0.1, 0.15) is 5.75 Å². The number of carbonyl (C=O) groups is 1. The van der Waals surface area contributed by atoms with Crippen molar-refractivity contribution >= 4 is 17.5 Å². The van der Waals surface area contributed by atoms with Crippen LogP contribution in [0.3, 0.4) is 0 Å². The molecule has 4 rings (SSSR count). The Hall–Kier alpha value is -2.09. The van der Waals surface area contributed by atoms with Crippen LogP contribution in [0.1, 0.15) is 43.7 Å². The summed E-state index contributed by atoms with van der Waals surface area (Å²) in [7, 11) is 2.12. The van der Waals surface area contributed by atoms with Crippen LogP contribution in [0, 0.1) is 12.3 Å². The lowest BCUT2D eigenvalue weighted by atomic mass is 9.77. The van der Waals surface area contributed by atoms with Crippen molar-refractivity contribution in [1.82, 2.24) is 24.5 Å². The molecule has 2 aliphatic rings. The van der Waals surface area contributed by atoms with Crippen LogP contribution in [-0.2, 0) is 17.9 Å². The molecule has 1 aromatic heterocycles. The van der Waals surface area contributed by atoms with Gasteiger partial charge in [0.15, 0.2) is 0 Å². The summed E-state index contributed by atoms with van der Waals surface area (Å²) < 4.78 is 8.37. The number of aromatic nitrogens is 2. The summed E-state index contributed by atoms with van der Waals surface area (Å²) in [5.74, 6) is 1.07. The number of hydrogen-bond donors (Lipinski definition) is 0. The van der Waals surface area contributed by atoms with E-state index in [0.29, 0.717) is 13.0 Å². The minimum Gasteiger partial charge on any atom is -0.493 e. The van der Waals surface area contributed by atoms with Crippen LogP contribution in [0.2, 0.25) is 5.02 Å². The van der Waals surface area contributed by atoms with E-state index in [4.69, 9.17) is 16.3 Å². The third-order valence-corrected chi connectivity index (χ3v) is 7.77. The molecule has 2 fully saturated rings. The standard InChI is InChI=1S/C27H40ClN5O2/c1-4-9-33-19-23(17-29-33)18-31-10-5-8-27(20-31,16-26(34)32-13-11-30(3)12-14-32)21-35-24-6-7-25(28)22(2)15-24/h6-7,15,17,19H,4-5,8-14,16,18,20-21H2,1-3H3. The topological polar surface area (TPSA) is 53.8 Å². The monoisotopic (exact) mass is 501 g/mol. The summed E-state index contributed by atoms with van der Waals surface area (Å²) in [5, 5.41) is 5.25. The number of amides is 1. The summed E-state index contributed by atoms with van der Waals surface area (Å²) in [6.07, 6.45) is 7.78. The number of piperazine rings is 1. The molecule has 8 heteroatoms. The Labute approximate surface area is 215 Å². The Balaban J connectivity index is 1.47. The normalized spacial score (nSPS) is 21.9. The van der Waals surface area contributed by atoms with Crippen LogP contribution in [0.5, 0.6) is 5.75 Å². The van der Waals surface area contributed by atoms with Crippen molar-refractivity contribution in [2.75, 3.05) is 52.9 Å². The number of benzene rings is 1. The van der Waals surface area contributed by atoms with Crippen molar-refractivity contribution < 1.29 is 9.53 Å². The number of carbonyl (C=O) groups excluding carboxylic acids is 1. The average molecular weight is 502 g/mol. The van der Waals surface area contributed by atoms with Gasteiger partial charge in [0.25, 0.3) is 0 Å². The molecule has 0 N–H and O–H groups in total. The van der Waals surface area contributed by atoms with Gasteiger partial charge in [-0.15, -0.1) is 0 Å². The van der Waals surface area contributed by atoms with Gasteiger partial charge in [-0.25, -0.2) is 0 Å². The van der Waals surface area contributed by atoms with E-state index in [2.05, 4.69) is 35.1 Å². The molecule has 1 atom stereocenters. The third kappa shape index (κ3) is 6.99. The Morgan fingerprint density at radius 2 is 2.00 bits per heavy atom. The van der Waals surface area contributed by atoms with Crippen LogP contribution in [0.25, 0.3) is 0 Å². The summed E-state index contributed by atoms with van der Waals surface area (Å²) in [6.45, 7) is 11.8. The van der Waals surface area contributed by atoms with Crippen LogP contribution in [-0.4, -0.2) is 83.3 Å². The lowest BCUT2D eigenvalue weighted by Crippen LogP contribution is -2.52. The average Bonchev–Trinajstić information content (AvgIpc) is 3.27. The summed E-state index contributed by atoms with van der Waals surface area (Å²) in [5.41, 5.74) is 2.01. The largest absolute Gasteiger partial charge is 0.493 e. The molecule has 35 heavy (non-hydrogen) atoms. The number of likely N-dealkylation sites (tertiary alicyclic amines) is 1. The van der Waals surface area contributed by atoms with E-state index >= 15 is 0 Å². The molecule has 1 amide bonds. The Kier molecular flexibility index (Phi) is 8.73. The summed E-state index contributed by atoms with van der Waals surface area (Å²) >= 11 is 6.22. The van der Waals surface area contributed by atoms with Crippen LogP contribution < -0.4 is 4.74 Å². The van der Waals surface area contributed by atoms with Gasteiger partial charge in [0.2, 0.25) is 5.91 Å². The zero-order valence-corrected chi connectivity index (χ0v) is 22.3. The number of nitrogens with zero attached hydrogens (tertiary/aromatic N) is 5. The lowest BCUT2D eigenvalue weighted by Gasteiger charge is -2.43. The van der Waals surface area contributed by atoms with Crippen molar-refractivity contribution in [3.05, 3.63) is 46.7 Å². The highest BCUT2D eigenvalue weighted by Gasteiger charge is 2.40. The molecule has 0 aliphatic carbocycles. The SMILES string of the molecule is CCCn1cc(CN2CCCC(COc3ccc(Cl)c(C)c3)(CC(=O)N3CCN(C)CC3)C2)cn1. The number of rotatable bonds is 9. The van der Waals surface area contributed by atoms with E-state index < -0.39 is 0 Å². The summed E-state index contributed by atoms with van der Waals surface area (Å²) in [6, 6.07) is 5.80. The van der Waals surface area contributed by atoms with Crippen molar-refractivity contribution in [2.45, 2.75) is 52.6 Å². The van der Waals surface area contributed by atoms with Gasteiger partial charge in [-0.05, 0) is 63.5 Å². The predicted molar refractivity (Wildman–Crippen MR) is 140 cm³/mol. The molecule has 3 heterocycles. The Bertz CT molecular complexity index is 988. The Morgan fingerprint density at radius 1 is 1.20 bits per heavy atom. The zero-order chi connectivity index (χ0) is 24.8. The van der Waals surface area contributed by atoms with Crippen LogP contribution >= 0.6 is 11.6 Å². The maximum Gasteiger partial charge on any atom is 0.223 e. The fraction of sp³-hybridized carbons (Fsp3) is 0.630. The second-order valence-electron chi connectivity index (χ2n) is 10.5. The molecular formula is C27H40ClN5O2. The Morgan fingerprint density at radius 3 is 2.74 bits per heavy atom. The number of aryl methyl sites for hydroxylation is 2. The van der Waals surface area contributed by atoms with E-state index in [-0.39, 0.29) is 11.3 Å². The van der Waals surface area contributed by atoms with Crippen molar-refractivity contribution in [3.63, 3.8) is 0 Å². The minimum atomic E-state index is -0.217. The van der Waals surface area contributed by atoms with Crippen molar-refractivity contribution in [2.24, 2.45) is 5.41 Å². The van der Waals surface area contributed by atoms with E-state index in [9.17, 15) is 4.79 Å². The molecule has 2 aliphatic heterocycles. The van der Waals surface area contributed by atoms with Gasteiger partial charge >= 0.3 is 0 Å². The first-order chi connectivity index (χ1) is 16.9. The van der Waals surface area contributed by atoms with Gasteiger partial charge in [-0.1, -0.05) is 18.5 Å². The smallest absolute Gasteiger partial charge is 0.223 e. The van der Waals surface area contributed by atoms with Gasteiger partial charge in [-0.2, -0.15) is 5.10 Å². The maximum absolute atomic E-state index is 13.4. The fourth-order valence-corrected chi connectivity index (χ4v) is 5.41. The van der Waals surface area contributed by atoms with E-state index in [1.54, 1.807) is 0 Å².